The van der Waals surface area contributed by atoms with E-state index in [0.717, 1.165) is 62.0 Å². The lowest BCUT2D eigenvalue weighted by Crippen LogP contribution is -2.48. The van der Waals surface area contributed by atoms with Crippen LogP contribution in [0.4, 0.5) is 0 Å². The highest BCUT2D eigenvalue weighted by Gasteiger charge is 2.47. The molecule has 2 unspecified atom stereocenters. The van der Waals surface area contributed by atoms with E-state index in [1.165, 1.54) is 12.8 Å². The molecule has 3 atom stereocenters. The lowest BCUT2D eigenvalue weighted by atomic mass is 9.68. The third-order valence-corrected chi connectivity index (χ3v) is 8.39. The van der Waals surface area contributed by atoms with Gasteiger partial charge in [0.1, 0.15) is 6.10 Å². The van der Waals surface area contributed by atoms with Crippen LogP contribution in [0.2, 0.25) is 0 Å². The Kier molecular flexibility index (Phi) is 8.20. The first-order valence-electron chi connectivity index (χ1n) is 13.9. The maximum atomic E-state index is 13.8. The molecular formula is C32H39N3O2. The first-order valence-corrected chi connectivity index (χ1v) is 13.9. The zero-order valence-corrected chi connectivity index (χ0v) is 21.7. The molecule has 5 rings (SSSR count). The van der Waals surface area contributed by atoms with E-state index >= 15 is 0 Å². The van der Waals surface area contributed by atoms with E-state index in [0.29, 0.717) is 18.4 Å². The van der Waals surface area contributed by atoms with Gasteiger partial charge in [0.15, 0.2) is 0 Å². The monoisotopic (exact) mass is 497 g/mol. The number of para-hydroxylation sites is 1. The van der Waals surface area contributed by atoms with E-state index in [4.69, 9.17) is 4.74 Å². The number of rotatable bonds is 10. The van der Waals surface area contributed by atoms with E-state index < -0.39 is 5.41 Å². The number of esters is 1. The minimum Gasteiger partial charge on any atom is -0.461 e. The molecule has 0 bridgehead atoms. The van der Waals surface area contributed by atoms with Crippen molar-refractivity contribution in [2.45, 2.75) is 69.4 Å². The Hall–Kier alpha value is -3.18. The molecule has 5 nitrogen and oxygen atoms in total. The van der Waals surface area contributed by atoms with Crippen molar-refractivity contribution in [1.29, 1.82) is 0 Å². The van der Waals surface area contributed by atoms with Gasteiger partial charge in [0.05, 0.1) is 16.8 Å². The number of carbonyl (C=O) groups excluding carboxylic acids is 1. The largest absolute Gasteiger partial charge is 0.461 e. The van der Waals surface area contributed by atoms with Crippen molar-refractivity contribution in [3.8, 4) is 5.69 Å². The summed E-state index contributed by atoms with van der Waals surface area (Å²) >= 11 is 0. The Balaban J connectivity index is 1.17. The Labute approximate surface area is 220 Å². The molecule has 2 aliphatic rings. The number of hydrogen-bond donors (Lipinski definition) is 1. The standard InChI is InChI=1S/C32H39N3O2/c1-2-25-23-30(37-31(36)32(19-11-3-4-12-20-32)26-13-7-5-8-14-26)29(25)17-21-33-24-27-18-22-35(34-27)28-15-9-6-10-16-28/h2,5-10,13-16,18,22,25,29-30,33H,1,3-4,11-12,17,19-21,23-24H2/t25?,29?,30-/m0/s1. The van der Waals surface area contributed by atoms with Gasteiger partial charge < -0.3 is 10.1 Å². The van der Waals surface area contributed by atoms with Crippen LogP contribution >= 0.6 is 0 Å². The first-order chi connectivity index (χ1) is 18.2. The second kappa shape index (κ2) is 11.9. The quantitative estimate of drug-likeness (QED) is 0.153. The number of nitrogens with one attached hydrogen (secondary N) is 1. The van der Waals surface area contributed by atoms with Crippen molar-refractivity contribution >= 4 is 5.97 Å². The molecule has 1 heterocycles. The summed E-state index contributed by atoms with van der Waals surface area (Å²) in [5.41, 5.74) is 2.69. The van der Waals surface area contributed by atoms with Crippen LogP contribution in [0.25, 0.3) is 5.69 Å². The van der Waals surface area contributed by atoms with E-state index in [9.17, 15) is 4.79 Å². The molecule has 0 amide bonds. The predicted octanol–water partition coefficient (Wildman–Crippen LogP) is 6.38. The number of benzene rings is 2. The summed E-state index contributed by atoms with van der Waals surface area (Å²) in [4.78, 5) is 13.8. The lowest BCUT2D eigenvalue weighted by molar-refractivity contribution is -0.169. The van der Waals surface area contributed by atoms with Gasteiger partial charge in [0.25, 0.3) is 0 Å². The average molecular weight is 498 g/mol. The highest BCUT2D eigenvalue weighted by atomic mass is 16.5. The highest BCUT2D eigenvalue weighted by molar-refractivity contribution is 5.83. The normalized spacial score (nSPS) is 23.0. The molecule has 0 saturated heterocycles. The maximum Gasteiger partial charge on any atom is 0.316 e. The Bertz CT molecular complexity index is 1150. The van der Waals surface area contributed by atoms with Gasteiger partial charge in [0.2, 0.25) is 0 Å². The third kappa shape index (κ3) is 5.72. The number of nitrogens with zero attached hydrogens (tertiary/aromatic N) is 2. The topological polar surface area (TPSA) is 56.1 Å². The molecule has 194 valence electrons. The molecule has 0 radical (unpaired) electrons. The summed E-state index contributed by atoms with van der Waals surface area (Å²) in [7, 11) is 0. The molecule has 2 saturated carbocycles. The lowest BCUT2D eigenvalue weighted by Gasteiger charge is -2.44. The molecule has 2 aromatic carbocycles. The molecular weight excluding hydrogens is 458 g/mol. The van der Waals surface area contributed by atoms with Crippen LogP contribution < -0.4 is 5.32 Å². The van der Waals surface area contributed by atoms with Gasteiger partial charge in [-0.3, -0.25) is 4.79 Å². The Morgan fingerprint density at radius 1 is 1.03 bits per heavy atom. The summed E-state index contributed by atoms with van der Waals surface area (Å²) in [6.45, 7) is 5.61. The average Bonchev–Trinajstić information content (AvgIpc) is 3.26. The fourth-order valence-corrected chi connectivity index (χ4v) is 6.12. The van der Waals surface area contributed by atoms with Crippen LogP contribution in [-0.4, -0.2) is 28.4 Å². The molecule has 37 heavy (non-hydrogen) atoms. The summed E-state index contributed by atoms with van der Waals surface area (Å²) in [5.74, 6) is 0.700. The number of allylic oxidation sites excluding steroid dienone is 1. The van der Waals surface area contributed by atoms with Gasteiger partial charge >= 0.3 is 5.97 Å². The maximum absolute atomic E-state index is 13.8. The second-order valence-electron chi connectivity index (χ2n) is 10.7. The van der Waals surface area contributed by atoms with Crippen molar-refractivity contribution in [2.24, 2.45) is 11.8 Å². The Morgan fingerprint density at radius 3 is 2.43 bits per heavy atom. The van der Waals surface area contributed by atoms with Crippen LogP contribution in [0.3, 0.4) is 0 Å². The van der Waals surface area contributed by atoms with Crippen molar-refractivity contribution in [2.75, 3.05) is 6.54 Å². The van der Waals surface area contributed by atoms with Crippen molar-refractivity contribution in [3.05, 3.63) is 96.8 Å². The third-order valence-electron chi connectivity index (χ3n) is 8.39. The van der Waals surface area contributed by atoms with Crippen molar-refractivity contribution in [1.82, 2.24) is 15.1 Å². The van der Waals surface area contributed by atoms with E-state index in [-0.39, 0.29) is 12.1 Å². The van der Waals surface area contributed by atoms with Crippen LogP contribution in [0.15, 0.2) is 85.6 Å². The molecule has 1 aromatic heterocycles. The van der Waals surface area contributed by atoms with E-state index in [2.05, 4.69) is 47.3 Å². The van der Waals surface area contributed by atoms with Crippen LogP contribution in [0.1, 0.15) is 62.6 Å². The van der Waals surface area contributed by atoms with Crippen molar-refractivity contribution < 1.29 is 9.53 Å². The highest BCUT2D eigenvalue weighted by Crippen LogP contribution is 2.44. The number of ether oxygens (including phenoxy) is 1. The number of aromatic nitrogens is 2. The zero-order valence-electron chi connectivity index (χ0n) is 21.7. The van der Waals surface area contributed by atoms with Gasteiger partial charge in [-0.25, -0.2) is 4.68 Å². The van der Waals surface area contributed by atoms with Crippen molar-refractivity contribution in [3.63, 3.8) is 0 Å². The molecule has 2 fully saturated rings. The predicted molar refractivity (Wildman–Crippen MR) is 147 cm³/mol. The molecule has 0 spiro atoms. The van der Waals surface area contributed by atoms with E-state index in [1.54, 1.807) is 0 Å². The smallest absolute Gasteiger partial charge is 0.316 e. The van der Waals surface area contributed by atoms with Gasteiger partial charge in [-0.15, -0.1) is 6.58 Å². The van der Waals surface area contributed by atoms with Gasteiger partial charge in [-0.05, 0) is 61.9 Å². The van der Waals surface area contributed by atoms with Crippen LogP contribution in [0, 0.1) is 11.8 Å². The fraction of sp³-hybridized carbons (Fsp3) is 0.438. The summed E-state index contributed by atoms with van der Waals surface area (Å²) in [5, 5.41) is 8.22. The number of carbonyl (C=O) groups is 1. The van der Waals surface area contributed by atoms with Crippen LogP contribution in [0.5, 0.6) is 0 Å². The first kappa shape index (κ1) is 25.5. The molecule has 3 aromatic rings. The fourth-order valence-electron chi connectivity index (χ4n) is 6.12. The minimum absolute atomic E-state index is 0.0162. The van der Waals surface area contributed by atoms with Gasteiger partial charge in [0, 0.05) is 18.7 Å². The molecule has 5 heteroatoms. The SMILES string of the molecule is C=CC1C[C@H](OC(=O)C2(c3ccccc3)CCCCCC2)C1CCNCc1ccn(-c2ccccc2)n1. The zero-order chi connectivity index (χ0) is 25.5. The summed E-state index contributed by atoms with van der Waals surface area (Å²) in [6, 6.07) is 22.5. The van der Waals surface area contributed by atoms with E-state index in [1.807, 2.05) is 53.4 Å². The minimum atomic E-state index is -0.503. The second-order valence-corrected chi connectivity index (χ2v) is 10.7. The van der Waals surface area contributed by atoms with Gasteiger partial charge in [-0.1, -0.05) is 80.3 Å². The van der Waals surface area contributed by atoms with Crippen LogP contribution in [-0.2, 0) is 21.5 Å². The number of hydrogen-bond acceptors (Lipinski definition) is 4. The summed E-state index contributed by atoms with van der Waals surface area (Å²) in [6.07, 6.45) is 12.2. The van der Waals surface area contributed by atoms with Gasteiger partial charge in [-0.2, -0.15) is 5.10 Å². The Morgan fingerprint density at radius 2 is 1.73 bits per heavy atom. The molecule has 2 aliphatic carbocycles. The molecule has 1 N–H and O–H groups in total. The summed E-state index contributed by atoms with van der Waals surface area (Å²) < 4.78 is 8.23. The molecule has 0 aliphatic heterocycles.